The van der Waals surface area contributed by atoms with Crippen LogP contribution in [0.2, 0.25) is 0 Å². The Morgan fingerprint density at radius 2 is 2.09 bits per heavy atom. The van der Waals surface area contributed by atoms with Crippen molar-refractivity contribution in [1.29, 1.82) is 5.26 Å². The summed E-state index contributed by atoms with van der Waals surface area (Å²) >= 11 is 0. The second kappa shape index (κ2) is 5.78. The van der Waals surface area contributed by atoms with Crippen molar-refractivity contribution in [3.05, 3.63) is 34.7 Å². The van der Waals surface area contributed by atoms with Crippen molar-refractivity contribution >= 4 is 11.5 Å². The summed E-state index contributed by atoms with van der Waals surface area (Å²) in [5, 5.41) is 9.51. The number of methoxy groups -OCH3 is 1. The minimum absolute atomic E-state index is 0.110. The van der Waals surface area contributed by atoms with Crippen LogP contribution in [0.1, 0.15) is 36.6 Å². The summed E-state index contributed by atoms with van der Waals surface area (Å²) in [6, 6.07) is 4.12. The van der Waals surface area contributed by atoms with E-state index in [9.17, 15) is 10.1 Å². The Balaban J connectivity index is 2.03. The predicted molar refractivity (Wildman–Crippen MR) is 86.4 cm³/mol. The Morgan fingerprint density at radius 3 is 2.70 bits per heavy atom. The quantitative estimate of drug-likeness (QED) is 0.838. The van der Waals surface area contributed by atoms with Gasteiger partial charge in [0, 0.05) is 44.1 Å². The van der Waals surface area contributed by atoms with Gasteiger partial charge in [0.05, 0.1) is 11.3 Å². The number of nitriles is 1. The highest BCUT2D eigenvalue weighted by atomic mass is 16.5. The molecule has 1 aliphatic carbocycles. The number of allylic oxidation sites excluding steroid dienone is 1. The molecule has 0 atom stereocenters. The molecule has 0 N–H and O–H groups in total. The van der Waals surface area contributed by atoms with E-state index in [1.54, 1.807) is 13.3 Å². The summed E-state index contributed by atoms with van der Waals surface area (Å²) in [5.41, 5.74) is 3.72. The van der Waals surface area contributed by atoms with Gasteiger partial charge < -0.3 is 9.64 Å². The Bertz CT molecular complexity index is 722. The zero-order chi connectivity index (χ0) is 16.6. The van der Waals surface area contributed by atoms with Gasteiger partial charge in [0.1, 0.15) is 11.6 Å². The molecule has 2 heterocycles. The van der Waals surface area contributed by atoms with E-state index >= 15 is 0 Å². The van der Waals surface area contributed by atoms with E-state index in [4.69, 9.17) is 4.74 Å². The van der Waals surface area contributed by atoms with E-state index < -0.39 is 0 Å². The second-order valence-electron chi connectivity index (χ2n) is 6.56. The van der Waals surface area contributed by atoms with Crippen molar-refractivity contribution in [3.8, 4) is 6.07 Å². The van der Waals surface area contributed by atoms with E-state index in [1.807, 2.05) is 13.0 Å². The highest BCUT2D eigenvalue weighted by molar-refractivity contribution is 6.09. The zero-order valence-electron chi connectivity index (χ0n) is 13.8. The van der Waals surface area contributed by atoms with E-state index in [0.29, 0.717) is 0 Å². The second-order valence-corrected chi connectivity index (χ2v) is 6.56. The Morgan fingerprint density at radius 1 is 1.39 bits per heavy atom. The van der Waals surface area contributed by atoms with Crippen LogP contribution in [0.5, 0.6) is 0 Å². The van der Waals surface area contributed by atoms with Gasteiger partial charge in [-0.15, -0.1) is 0 Å². The standard InChI is InChI=1S/C18H21N3O2/c1-12-8-14-13(11-20-12)9-16(22)15(10-19)17(14)21-6-4-18(2,23-3)5-7-21/h8,11H,4-7,9H2,1-3H3. The SMILES string of the molecule is COC1(C)CCN(C2=C(C#N)C(=O)Cc3cnc(C)cc32)CC1. The lowest BCUT2D eigenvalue weighted by molar-refractivity contribution is -0.114. The minimum atomic E-state index is -0.125. The molecule has 0 amide bonds. The smallest absolute Gasteiger partial charge is 0.179 e. The Kier molecular flexibility index (Phi) is 3.95. The van der Waals surface area contributed by atoms with Crippen molar-refractivity contribution in [2.45, 2.75) is 38.7 Å². The van der Waals surface area contributed by atoms with Crippen LogP contribution in [-0.2, 0) is 16.0 Å². The van der Waals surface area contributed by atoms with Crippen LogP contribution in [0.3, 0.4) is 0 Å². The van der Waals surface area contributed by atoms with Crippen molar-refractivity contribution in [1.82, 2.24) is 9.88 Å². The fraction of sp³-hybridized carbons (Fsp3) is 0.500. The molecule has 1 fully saturated rings. The number of aryl methyl sites for hydroxylation is 1. The highest BCUT2D eigenvalue weighted by Gasteiger charge is 2.35. The fourth-order valence-electron chi connectivity index (χ4n) is 3.33. The fourth-order valence-corrected chi connectivity index (χ4v) is 3.33. The van der Waals surface area contributed by atoms with Crippen molar-refractivity contribution in [3.63, 3.8) is 0 Å². The van der Waals surface area contributed by atoms with E-state index in [1.165, 1.54) is 0 Å². The molecular formula is C18H21N3O2. The van der Waals surface area contributed by atoms with Gasteiger partial charge in [0.25, 0.3) is 0 Å². The molecule has 5 nitrogen and oxygen atoms in total. The molecule has 3 rings (SSSR count). The molecule has 0 radical (unpaired) electrons. The number of likely N-dealkylation sites (tertiary alicyclic amines) is 1. The van der Waals surface area contributed by atoms with Crippen molar-refractivity contribution in [2.75, 3.05) is 20.2 Å². The molecule has 1 aliphatic heterocycles. The number of hydrogen-bond donors (Lipinski definition) is 0. The molecule has 0 spiro atoms. The molecule has 23 heavy (non-hydrogen) atoms. The van der Waals surface area contributed by atoms with Gasteiger partial charge in [0.15, 0.2) is 5.78 Å². The Labute approximate surface area is 136 Å². The van der Waals surface area contributed by atoms with Crippen molar-refractivity contribution in [2.24, 2.45) is 0 Å². The number of fused-ring (bicyclic) bond motifs is 1. The zero-order valence-corrected chi connectivity index (χ0v) is 13.8. The first kappa shape index (κ1) is 15.7. The summed E-state index contributed by atoms with van der Waals surface area (Å²) in [6.07, 6.45) is 3.77. The van der Waals surface area contributed by atoms with E-state index in [-0.39, 0.29) is 23.4 Å². The summed E-state index contributed by atoms with van der Waals surface area (Å²) in [5.74, 6) is -0.110. The third kappa shape index (κ3) is 2.75. The number of piperidine rings is 1. The number of ketones is 1. The molecule has 1 aromatic rings. The first-order valence-electron chi connectivity index (χ1n) is 7.91. The molecule has 2 aliphatic rings. The van der Waals surface area contributed by atoms with Gasteiger partial charge >= 0.3 is 0 Å². The number of nitrogens with zero attached hydrogens (tertiary/aromatic N) is 3. The number of Topliss-reactive ketones (excluding diaryl/α,β-unsaturated/α-hetero) is 1. The van der Waals surface area contributed by atoms with Gasteiger partial charge in [-0.25, -0.2) is 0 Å². The minimum Gasteiger partial charge on any atom is -0.378 e. The van der Waals surface area contributed by atoms with Crippen LogP contribution in [0, 0.1) is 18.3 Å². The summed E-state index contributed by atoms with van der Waals surface area (Å²) < 4.78 is 5.59. The first-order chi connectivity index (χ1) is 11.0. The monoisotopic (exact) mass is 311 g/mol. The normalized spacial score (nSPS) is 20.3. The van der Waals surface area contributed by atoms with Crippen LogP contribution >= 0.6 is 0 Å². The molecule has 5 heteroatoms. The van der Waals surface area contributed by atoms with Gasteiger partial charge in [-0.3, -0.25) is 9.78 Å². The van der Waals surface area contributed by atoms with Crippen LogP contribution < -0.4 is 0 Å². The summed E-state index contributed by atoms with van der Waals surface area (Å²) in [6.45, 7) is 5.59. The van der Waals surface area contributed by atoms with Gasteiger partial charge in [-0.2, -0.15) is 5.26 Å². The molecule has 1 saturated heterocycles. The third-order valence-corrected chi connectivity index (χ3v) is 4.99. The lowest BCUT2D eigenvalue weighted by Gasteiger charge is -2.41. The topological polar surface area (TPSA) is 66.2 Å². The van der Waals surface area contributed by atoms with Gasteiger partial charge in [-0.05, 0) is 38.3 Å². The lowest BCUT2D eigenvalue weighted by atomic mass is 9.86. The van der Waals surface area contributed by atoms with Crippen LogP contribution in [0.15, 0.2) is 17.8 Å². The highest BCUT2D eigenvalue weighted by Crippen LogP contribution is 2.36. The van der Waals surface area contributed by atoms with Gasteiger partial charge in [-0.1, -0.05) is 0 Å². The predicted octanol–water partition coefficient (Wildman–Crippen LogP) is 2.25. The summed E-state index contributed by atoms with van der Waals surface area (Å²) in [4.78, 5) is 18.8. The third-order valence-electron chi connectivity index (χ3n) is 4.99. The number of rotatable bonds is 2. The average Bonchev–Trinajstić information content (AvgIpc) is 2.55. The molecule has 0 aromatic carbocycles. The number of ether oxygens (including phenoxy) is 1. The maximum atomic E-state index is 12.4. The largest absolute Gasteiger partial charge is 0.378 e. The maximum absolute atomic E-state index is 12.4. The molecule has 120 valence electrons. The number of carbonyl (C=O) groups excluding carboxylic acids is 1. The average molecular weight is 311 g/mol. The van der Waals surface area contributed by atoms with E-state index in [2.05, 4.69) is 22.9 Å². The van der Waals surface area contributed by atoms with Crippen LogP contribution in [0.4, 0.5) is 0 Å². The molecule has 1 aromatic heterocycles. The molecular weight excluding hydrogens is 290 g/mol. The number of aromatic nitrogens is 1. The molecule has 0 saturated carbocycles. The molecule has 0 bridgehead atoms. The number of carbonyl (C=O) groups is 1. The number of hydrogen-bond acceptors (Lipinski definition) is 5. The van der Waals surface area contributed by atoms with Gasteiger partial charge in [0.2, 0.25) is 0 Å². The first-order valence-corrected chi connectivity index (χ1v) is 7.91. The number of pyridine rings is 1. The maximum Gasteiger partial charge on any atom is 0.179 e. The van der Waals surface area contributed by atoms with Crippen molar-refractivity contribution < 1.29 is 9.53 Å². The van der Waals surface area contributed by atoms with Crippen LogP contribution in [-0.4, -0.2) is 41.5 Å². The van der Waals surface area contributed by atoms with Crippen LogP contribution in [0.25, 0.3) is 5.70 Å². The Hall–Kier alpha value is -2.19. The van der Waals surface area contributed by atoms with E-state index in [0.717, 1.165) is 48.4 Å². The summed E-state index contributed by atoms with van der Waals surface area (Å²) in [7, 11) is 1.74. The molecule has 0 unspecified atom stereocenters. The lowest BCUT2D eigenvalue weighted by Crippen LogP contribution is -2.43.